The van der Waals surface area contributed by atoms with E-state index in [0.717, 1.165) is 9.88 Å². The molecule has 74 valence electrons. The Morgan fingerprint density at radius 3 is 2.71 bits per heavy atom. The molecule has 0 saturated carbocycles. The highest BCUT2D eigenvalue weighted by Gasteiger charge is 2.10. The molecule has 1 N–H and O–H groups in total. The zero-order chi connectivity index (χ0) is 10.1. The molecular weight excluding hydrogens is 214 g/mol. The fraction of sp³-hybridized carbons (Fsp3) is 0.300. The maximum atomic E-state index is 9.38. The summed E-state index contributed by atoms with van der Waals surface area (Å²) in [5.74, 6) is 0. The van der Waals surface area contributed by atoms with Gasteiger partial charge in [0.2, 0.25) is 0 Å². The maximum absolute atomic E-state index is 9.38. The van der Waals surface area contributed by atoms with E-state index in [1.807, 2.05) is 0 Å². The first kappa shape index (κ1) is 9.83. The van der Waals surface area contributed by atoms with Crippen molar-refractivity contribution in [3.63, 3.8) is 0 Å². The molecule has 14 heavy (non-hydrogen) atoms. The number of thiazole rings is 1. The van der Waals surface area contributed by atoms with E-state index in [1.165, 1.54) is 11.1 Å². The van der Waals surface area contributed by atoms with Gasteiger partial charge in [-0.2, -0.15) is 11.3 Å². The minimum absolute atomic E-state index is 0.416. The minimum Gasteiger partial charge on any atom is -0.388 e. The zero-order valence-corrected chi connectivity index (χ0v) is 9.65. The summed E-state index contributed by atoms with van der Waals surface area (Å²) in [6.45, 7) is 3.84. The molecule has 0 aliphatic rings. The average molecular weight is 225 g/mol. The Morgan fingerprint density at radius 1 is 1.43 bits per heavy atom. The molecule has 0 amide bonds. The summed E-state index contributed by atoms with van der Waals surface area (Å²) in [4.78, 5) is 5.23. The lowest BCUT2D eigenvalue weighted by Crippen LogP contribution is -1.83. The number of aliphatic hydroxyl groups excluding tert-OH is 1. The first-order chi connectivity index (χ1) is 6.68. The Hall–Kier alpha value is -0.710. The summed E-state index contributed by atoms with van der Waals surface area (Å²) in [7, 11) is 0. The fourth-order valence-electron chi connectivity index (χ4n) is 1.18. The number of aryl methyl sites for hydroxylation is 1. The molecule has 0 saturated heterocycles. The van der Waals surface area contributed by atoms with Gasteiger partial charge in [-0.25, -0.2) is 4.98 Å². The minimum atomic E-state index is -0.416. The van der Waals surface area contributed by atoms with Crippen LogP contribution in [0.1, 0.15) is 23.5 Å². The van der Waals surface area contributed by atoms with Gasteiger partial charge in [0.25, 0.3) is 0 Å². The molecule has 2 nitrogen and oxygen atoms in total. The van der Waals surface area contributed by atoms with Gasteiger partial charge in [0, 0.05) is 17.1 Å². The van der Waals surface area contributed by atoms with Crippen molar-refractivity contribution in [3.8, 4) is 10.6 Å². The summed E-state index contributed by atoms with van der Waals surface area (Å²) >= 11 is 3.24. The van der Waals surface area contributed by atoms with E-state index < -0.39 is 6.10 Å². The second-order valence-electron chi connectivity index (χ2n) is 3.21. The van der Waals surface area contributed by atoms with Crippen molar-refractivity contribution < 1.29 is 5.11 Å². The van der Waals surface area contributed by atoms with E-state index in [9.17, 15) is 5.11 Å². The lowest BCUT2D eigenvalue weighted by Gasteiger charge is -1.96. The third-order valence-electron chi connectivity index (χ3n) is 2.02. The van der Waals surface area contributed by atoms with Crippen LogP contribution in [-0.2, 0) is 0 Å². The molecule has 0 aromatic carbocycles. The number of aliphatic hydroxyl groups is 1. The van der Waals surface area contributed by atoms with E-state index >= 15 is 0 Å². The van der Waals surface area contributed by atoms with E-state index in [-0.39, 0.29) is 0 Å². The number of rotatable bonds is 2. The molecule has 1 atom stereocenters. The van der Waals surface area contributed by atoms with Crippen molar-refractivity contribution in [1.29, 1.82) is 0 Å². The molecule has 0 aliphatic heterocycles. The van der Waals surface area contributed by atoms with Crippen molar-refractivity contribution in [1.82, 2.24) is 4.98 Å². The number of thiophene rings is 1. The van der Waals surface area contributed by atoms with Crippen LogP contribution in [0, 0.1) is 6.92 Å². The topological polar surface area (TPSA) is 33.1 Å². The molecule has 2 heterocycles. The van der Waals surface area contributed by atoms with Crippen molar-refractivity contribution in [3.05, 3.63) is 27.4 Å². The lowest BCUT2D eigenvalue weighted by molar-refractivity contribution is 0.203. The fourth-order valence-corrected chi connectivity index (χ4v) is 3.03. The average Bonchev–Trinajstić information content (AvgIpc) is 2.71. The summed E-state index contributed by atoms with van der Waals surface area (Å²) in [6.07, 6.45) is 1.34. The highest BCUT2D eigenvalue weighted by molar-refractivity contribution is 7.15. The number of hydrogen-bond acceptors (Lipinski definition) is 4. The van der Waals surface area contributed by atoms with Gasteiger partial charge in [0.05, 0.1) is 11.0 Å². The molecule has 2 aromatic rings. The second-order valence-corrected chi connectivity index (χ2v) is 5.02. The molecule has 2 rings (SSSR count). The largest absolute Gasteiger partial charge is 0.388 e. The van der Waals surface area contributed by atoms with Crippen LogP contribution in [0.3, 0.4) is 0 Å². The van der Waals surface area contributed by atoms with Crippen LogP contribution in [0.15, 0.2) is 17.0 Å². The van der Waals surface area contributed by atoms with Gasteiger partial charge in [-0.15, -0.1) is 11.3 Å². The smallest absolute Gasteiger partial charge is 0.124 e. The summed E-state index contributed by atoms with van der Waals surface area (Å²) in [6, 6.07) is 0. The van der Waals surface area contributed by atoms with Crippen LogP contribution in [0.4, 0.5) is 0 Å². The highest BCUT2D eigenvalue weighted by Crippen LogP contribution is 2.32. The van der Waals surface area contributed by atoms with Gasteiger partial charge in [-0.1, -0.05) is 0 Å². The molecule has 0 radical (unpaired) electrons. The highest BCUT2D eigenvalue weighted by atomic mass is 32.1. The number of nitrogens with zero attached hydrogens (tertiary/aromatic N) is 1. The van der Waals surface area contributed by atoms with Gasteiger partial charge in [0.1, 0.15) is 5.01 Å². The first-order valence-corrected chi connectivity index (χ1v) is 6.11. The van der Waals surface area contributed by atoms with Crippen molar-refractivity contribution in [2.75, 3.05) is 0 Å². The molecule has 0 fully saturated rings. The van der Waals surface area contributed by atoms with E-state index in [0.29, 0.717) is 0 Å². The Morgan fingerprint density at radius 2 is 2.21 bits per heavy atom. The Labute approximate surface area is 90.9 Å². The Bertz CT molecular complexity index is 431. The van der Waals surface area contributed by atoms with E-state index in [1.54, 1.807) is 35.8 Å². The van der Waals surface area contributed by atoms with Crippen LogP contribution >= 0.6 is 22.7 Å². The summed E-state index contributed by atoms with van der Waals surface area (Å²) in [5.41, 5.74) is 2.44. The van der Waals surface area contributed by atoms with Crippen LogP contribution in [0.5, 0.6) is 0 Å². The molecule has 1 unspecified atom stereocenters. The second kappa shape index (κ2) is 3.81. The van der Waals surface area contributed by atoms with Crippen molar-refractivity contribution in [2.45, 2.75) is 20.0 Å². The van der Waals surface area contributed by atoms with Crippen molar-refractivity contribution in [2.24, 2.45) is 0 Å². The van der Waals surface area contributed by atoms with Crippen LogP contribution < -0.4 is 0 Å². The van der Waals surface area contributed by atoms with Crippen LogP contribution in [-0.4, -0.2) is 10.1 Å². The van der Waals surface area contributed by atoms with E-state index in [4.69, 9.17) is 0 Å². The SMILES string of the molecule is Cc1cscc1-c1ncc(C(C)O)s1. The standard InChI is InChI=1S/C10H11NOS2/c1-6-4-13-5-8(6)10-11-3-9(14-10)7(2)12/h3-5,7,12H,1-2H3. The van der Waals surface area contributed by atoms with Gasteiger partial charge in [0.15, 0.2) is 0 Å². The maximum Gasteiger partial charge on any atom is 0.124 e. The Balaban J connectivity index is 2.39. The molecule has 2 aromatic heterocycles. The zero-order valence-electron chi connectivity index (χ0n) is 8.02. The lowest BCUT2D eigenvalue weighted by atomic mass is 10.2. The van der Waals surface area contributed by atoms with Crippen LogP contribution in [0.25, 0.3) is 10.6 Å². The van der Waals surface area contributed by atoms with Gasteiger partial charge in [-0.3, -0.25) is 0 Å². The van der Waals surface area contributed by atoms with Gasteiger partial charge < -0.3 is 5.11 Å². The third-order valence-corrected chi connectivity index (χ3v) is 4.08. The summed E-state index contributed by atoms with van der Waals surface area (Å²) < 4.78 is 0. The van der Waals surface area contributed by atoms with Crippen molar-refractivity contribution >= 4 is 22.7 Å². The Kier molecular flexibility index (Phi) is 2.67. The summed E-state index contributed by atoms with van der Waals surface area (Å²) in [5, 5.41) is 14.6. The predicted molar refractivity (Wildman–Crippen MR) is 60.8 cm³/mol. The predicted octanol–water partition coefficient (Wildman–Crippen LogP) is 3.23. The first-order valence-electron chi connectivity index (χ1n) is 4.35. The van der Waals surface area contributed by atoms with E-state index in [2.05, 4.69) is 22.7 Å². The molecule has 4 heteroatoms. The normalized spacial score (nSPS) is 13.1. The quantitative estimate of drug-likeness (QED) is 0.851. The molecule has 0 bridgehead atoms. The molecule has 0 spiro atoms. The molecule has 0 aliphatic carbocycles. The van der Waals surface area contributed by atoms with Gasteiger partial charge in [-0.05, 0) is 24.8 Å². The third kappa shape index (κ3) is 1.73. The molecular formula is C10H11NOS2. The van der Waals surface area contributed by atoms with Gasteiger partial charge >= 0.3 is 0 Å². The monoisotopic (exact) mass is 225 g/mol. The van der Waals surface area contributed by atoms with Crippen LogP contribution in [0.2, 0.25) is 0 Å². The number of hydrogen-bond donors (Lipinski definition) is 1. The number of aromatic nitrogens is 1.